The van der Waals surface area contributed by atoms with Crippen LogP contribution in [-0.2, 0) is 20.9 Å². The van der Waals surface area contributed by atoms with Crippen LogP contribution in [0.3, 0.4) is 0 Å². The molecule has 30 heavy (non-hydrogen) atoms. The molecule has 0 saturated carbocycles. The van der Waals surface area contributed by atoms with Gasteiger partial charge in [-0.05, 0) is 36.1 Å². The van der Waals surface area contributed by atoms with E-state index in [0.29, 0.717) is 17.0 Å². The maximum atomic E-state index is 14.7. The number of carbonyl (C=O) groups is 1. The summed E-state index contributed by atoms with van der Waals surface area (Å²) in [5.41, 5.74) is 2.27. The highest BCUT2D eigenvalue weighted by molar-refractivity contribution is 6.16. The summed E-state index contributed by atoms with van der Waals surface area (Å²) in [6.45, 7) is 5.94. The van der Waals surface area contributed by atoms with E-state index in [2.05, 4.69) is 13.8 Å². The molecule has 0 bridgehead atoms. The van der Waals surface area contributed by atoms with E-state index >= 15 is 0 Å². The Balaban J connectivity index is 2.21. The smallest absolute Gasteiger partial charge is 0.341 e. The third-order valence-corrected chi connectivity index (χ3v) is 4.59. The van der Waals surface area contributed by atoms with Gasteiger partial charge in [0.25, 0.3) is 0 Å². The molecule has 162 valence electrons. The Kier molecular flexibility index (Phi) is 9.19. The lowest BCUT2D eigenvalue weighted by Gasteiger charge is -2.24. The number of hydrogen-bond donors (Lipinski definition) is 0. The van der Waals surface area contributed by atoms with E-state index in [0.717, 1.165) is 31.5 Å². The van der Waals surface area contributed by atoms with Gasteiger partial charge in [-0.25, -0.2) is 9.18 Å². The lowest BCUT2D eigenvalue weighted by Crippen LogP contribution is -2.25. The number of benzene rings is 2. The van der Waals surface area contributed by atoms with E-state index in [1.165, 1.54) is 26.5 Å². The third-order valence-electron chi connectivity index (χ3n) is 4.59. The zero-order valence-electron chi connectivity index (χ0n) is 18.1. The van der Waals surface area contributed by atoms with E-state index in [-0.39, 0.29) is 18.0 Å². The van der Waals surface area contributed by atoms with Crippen molar-refractivity contribution < 1.29 is 23.4 Å². The van der Waals surface area contributed by atoms with Crippen molar-refractivity contribution in [2.75, 3.05) is 32.2 Å². The average Bonchev–Trinajstić information content (AvgIpc) is 2.76. The van der Waals surface area contributed by atoms with Gasteiger partial charge in [0.15, 0.2) is 0 Å². The molecule has 0 unspecified atom stereocenters. The second-order valence-corrected chi connectivity index (χ2v) is 6.80. The number of anilines is 1. The van der Waals surface area contributed by atoms with E-state index in [9.17, 15) is 9.18 Å². The van der Waals surface area contributed by atoms with Crippen molar-refractivity contribution >= 4 is 17.2 Å². The maximum absolute atomic E-state index is 14.7. The van der Waals surface area contributed by atoms with Gasteiger partial charge in [-0.15, -0.1) is 0 Å². The molecule has 2 aromatic carbocycles. The summed E-state index contributed by atoms with van der Waals surface area (Å²) in [4.78, 5) is 14.2. The number of carbonyl (C=O) groups excluding carboxylic acids is 1. The number of halogens is 1. The molecular formula is C24H30FNO4. The number of rotatable bonds is 11. The van der Waals surface area contributed by atoms with Crippen LogP contribution in [0.15, 0.2) is 48.7 Å². The fraction of sp³-hybridized carbons (Fsp3) is 0.375. The van der Waals surface area contributed by atoms with Crippen molar-refractivity contribution in [1.29, 1.82) is 0 Å². The first-order chi connectivity index (χ1) is 14.5. The van der Waals surface area contributed by atoms with Crippen LogP contribution in [0.4, 0.5) is 10.1 Å². The molecule has 0 aliphatic carbocycles. The van der Waals surface area contributed by atoms with Gasteiger partial charge < -0.3 is 19.1 Å². The van der Waals surface area contributed by atoms with Crippen molar-refractivity contribution in [2.24, 2.45) is 0 Å². The predicted molar refractivity (Wildman–Crippen MR) is 117 cm³/mol. The molecule has 0 spiro atoms. The summed E-state index contributed by atoms with van der Waals surface area (Å²) in [5.74, 6) is -0.391. The number of esters is 1. The summed E-state index contributed by atoms with van der Waals surface area (Å²) in [6.07, 6.45) is 3.24. The minimum atomic E-state index is -0.508. The summed E-state index contributed by atoms with van der Waals surface area (Å²) in [5, 5.41) is 0. The van der Waals surface area contributed by atoms with Crippen LogP contribution in [0.2, 0.25) is 0 Å². The number of methoxy groups -OCH3 is 2. The van der Waals surface area contributed by atoms with Gasteiger partial charge in [-0.3, -0.25) is 0 Å². The standard InChI is InChI=1S/C24H30FNO4/c1-5-13-26(14-6-2)23-12-11-19(15-22(23)25)30-16-18-9-7-8-10-20(18)21(17-28-3)24(27)29-4/h7-12,15,17H,5-6,13-14,16H2,1-4H3/b21-17+. The summed E-state index contributed by atoms with van der Waals surface area (Å²) >= 11 is 0. The molecule has 2 rings (SSSR count). The van der Waals surface area contributed by atoms with Crippen LogP contribution in [0.25, 0.3) is 5.57 Å². The van der Waals surface area contributed by atoms with Gasteiger partial charge in [-0.1, -0.05) is 38.1 Å². The van der Waals surface area contributed by atoms with Crippen LogP contribution in [0.1, 0.15) is 37.8 Å². The number of ether oxygens (including phenoxy) is 3. The first-order valence-electron chi connectivity index (χ1n) is 10.1. The summed E-state index contributed by atoms with van der Waals surface area (Å²) < 4.78 is 30.4. The Labute approximate surface area is 178 Å². The average molecular weight is 416 g/mol. The molecule has 0 saturated heterocycles. The normalized spacial score (nSPS) is 11.2. The molecular weight excluding hydrogens is 385 g/mol. The summed E-state index contributed by atoms with van der Waals surface area (Å²) in [6, 6.07) is 12.2. The van der Waals surface area contributed by atoms with Gasteiger partial charge >= 0.3 is 5.97 Å². The first-order valence-corrected chi connectivity index (χ1v) is 10.1. The molecule has 0 aliphatic rings. The Hall–Kier alpha value is -3.02. The van der Waals surface area contributed by atoms with Gasteiger partial charge in [0.1, 0.15) is 23.7 Å². The van der Waals surface area contributed by atoms with Crippen molar-refractivity contribution in [1.82, 2.24) is 0 Å². The SMILES string of the molecule is CCCN(CCC)c1ccc(OCc2ccccc2/C(=C\OC)C(=O)OC)cc1F. The lowest BCUT2D eigenvalue weighted by molar-refractivity contribution is -0.133. The minimum Gasteiger partial charge on any atom is -0.503 e. The second-order valence-electron chi connectivity index (χ2n) is 6.80. The predicted octanol–water partition coefficient (Wildman–Crippen LogP) is 5.19. The zero-order chi connectivity index (χ0) is 21.9. The molecule has 0 heterocycles. The molecule has 2 aromatic rings. The van der Waals surface area contributed by atoms with Crippen molar-refractivity contribution in [2.45, 2.75) is 33.3 Å². The molecule has 0 radical (unpaired) electrons. The Morgan fingerprint density at radius 1 is 1.07 bits per heavy atom. The van der Waals surface area contributed by atoms with Gasteiger partial charge in [0, 0.05) is 19.2 Å². The molecule has 0 amide bonds. The highest BCUT2D eigenvalue weighted by atomic mass is 19.1. The fourth-order valence-corrected chi connectivity index (χ4v) is 3.25. The van der Waals surface area contributed by atoms with Crippen LogP contribution >= 0.6 is 0 Å². The number of hydrogen-bond acceptors (Lipinski definition) is 5. The molecule has 0 N–H and O–H groups in total. The van der Waals surface area contributed by atoms with E-state index < -0.39 is 5.97 Å². The monoisotopic (exact) mass is 415 g/mol. The van der Waals surface area contributed by atoms with Crippen LogP contribution in [0, 0.1) is 5.82 Å². The Morgan fingerprint density at radius 2 is 1.77 bits per heavy atom. The van der Waals surface area contributed by atoms with E-state index in [4.69, 9.17) is 14.2 Å². The van der Waals surface area contributed by atoms with Gasteiger partial charge in [0.2, 0.25) is 0 Å². The van der Waals surface area contributed by atoms with Crippen molar-refractivity contribution in [3.8, 4) is 5.75 Å². The first kappa shape index (κ1) is 23.3. The van der Waals surface area contributed by atoms with Gasteiger partial charge in [0.05, 0.1) is 26.2 Å². The largest absolute Gasteiger partial charge is 0.503 e. The lowest BCUT2D eigenvalue weighted by atomic mass is 10.0. The molecule has 0 atom stereocenters. The van der Waals surface area contributed by atoms with E-state index in [1.54, 1.807) is 18.2 Å². The Bertz CT molecular complexity index is 860. The third kappa shape index (κ3) is 5.99. The highest BCUT2D eigenvalue weighted by Crippen LogP contribution is 2.27. The molecule has 0 aliphatic heterocycles. The van der Waals surface area contributed by atoms with Crippen LogP contribution < -0.4 is 9.64 Å². The minimum absolute atomic E-state index is 0.167. The quantitative estimate of drug-likeness (QED) is 0.287. The maximum Gasteiger partial charge on any atom is 0.341 e. The van der Waals surface area contributed by atoms with Crippen molar-refractivity contribution in [3.63, 3.8) is 0 Å². The fourth-order valence-electron chi connectivity index (χ4n) is 3.25. The van der Waals surface area contributed by atoms with Crippen LogP contribution in [0.5, 0.6) is 5.75 Å². The number of nitrogens with zero attached hydrogens (tertiary/aromatic N) is 1. The molecule has 0 fully saturated rings. The Morgan fingerprint density at radius 3 is 2.37 bits per heavy atom. The zero-order valence-corrected chi connectivity index (χ0v) is 18.1. The van der Waals surface area contributed by atoms with Crippen molar-refractivity contribution in [3.05, 3.63) is 65.7 Å². The highest BCUT2D eigenvalue weighted by Gasteiger charge is 2.17. The summed E-state index contributed by atoms with van der Waals surface area (Å²) in [7, 11) is 2.78. The van der Waals surface area contributed by atoms with Gasteiger partial charge in [-0.2, -0.15) is 0 Å². The second kappa shape index (κ2) is 11.9. The molecule has 0 aromatic heterocycles. The van der Waals surface area contributed by atoms with Crippen LogP contribution in [-0.4, -0.2) is 33.3 Å². The van der Waals surface area contributed by atoms with E-state index in [1.807, 2.05) is 23.1 Å². The molecule has 5 nitrogen and oxygen atoms in total. The molecule has 6 heteroatoms. The topological polar surface area (TPSA) is 48.0 Å².